The maximum absolute atomic E-state index is 11.7. The molecule has 0 spiro atoms. The normalized spacial score (nSPS) is 20.3. The van der Waals surface area contributed by atoms with Gasteiger partial charge in [-0.15, -0.1) is 12.4 Å². The first-order valence-electron chi connectivity index (χ1n) is 4.71. The van der Waals surface area contributed by atoms with E-state index in [1.807, 2.05) is 25.7 Å². The summed E-state index contributed by atoms with van der Waals surface area (Å²) >= 11 is 0. The lowest BCUT2D eigenvalue weighted by molar-refractivity contribution is -0.126. The first kappa shape index (κ1) is 13.5. The second kappa shape index (κ2) is 5.37. The minimum atomic E-state index is 0. The first-order valence-corrected chi connectivity index (χ1v) is 4.71. The van der Waals surface area contributed by atoms with Gasteiger partial charge in [0.2, 0.25) is 5.91 Å². The van der Waals surface area contributed by atoms with Crippen LogP contribution in [0.3, 0.4) is 0 Å². The molecule has 3 nitrogen and oxygen atoms in total. The van der Waals surface area contributed by atoms with Crippen LogP contribution in [0.1, 0.15) is 27.2 Å². The highest BCUT2D eigenvalue weighted by molar-refractivity contribution is 5.93. The van der Waals surface area contributed by atoms with E-state index in [1.54, 1.807) is 0 Å². The van der Waals surface area contributed by atoms with Gasteiger partial charge in [-0.3, -0.25) is 4.79 Å². The van der Waals surface area contributed by atoms with Crippen molar-refractivity contribution >= 4 is 18.3 Å². The Morgan fingerprint density at radius 2 is 1.93 bits per heavy atom. The minimum absolute atomic E-state index is 0. The number of allylic oxidation sites excluding steroid dienone is 1. The zero-order chi connectivity index (χ0) is 10.0. The molecule has 0 aromatic carbocycles. The van der Waals surface area contributed by atoms with E-state index < -0.39 is 0 Å². The lowest BCUT2D eigenvalue weighted by Gasteiger charge is -2.16. The fourth-order valence-corrected chi connectivity index (χ4v) is 1.42. The van der Waals surface area contributed by atoms with Crippen LogP contribution < -0.4 is 5.73 Å². The van der Waals surface area contributed by atoms with Crippen molar-refractivity contribution in [2.24, 2.45) is 5.73 Å². The van der Waals surface area contributed by atoms with E-state index in [4.69, 9.17) is 5.73 Å². The summed E-state index contributed by atoms with van der Waals surface area (Å²) in [5, 5.41) is 0. The average Bonchev–Trinajstić information content (AvgIpc) is 2.49. The summed E-state index contributed by atoms with van der Waals surface area (Å²) < 4.78 is 0. The van der Waals surface area contributed by atoms with Crippen LogP contribution in [0.25, 0.3) is 0 Å². The molecule has 1 rings (SSSR count). The van der Waals surface area contributed by atoms with Crippen LogP contribution in [-0.2, 0) is 4.79 Å². The van der Waals surface area contributed by atoms with Crippen molar-refractivity contribution in [3.63, 3.8) is 0 Å². The van der Waals surface area contributed by atoms with Crippen LogP contribution in [0, 0.1) is 0 Å². The molecule has 1 aliphatic rings. The van der Waals surface area contributed by atoms with Gasteiger partial charge in [0.1, 0.15) is 0 Å². The molecule has 14 heavy (non-hydrogen) atoms. The molecule has 0 bridgehead atoms. The summed E-state index contributed by atoms with van der Waals surface area (Å²) in [5.41, 5.74) is 7.67. The van der Waals surface area contributed by atoms with Gasteiger partial charge in [-0.25, -0.2) is 0 Å². The smallest absolute Gasteiger partial charge is 0.249 e. The number of hydrogen-bond acceptors (Lipinski definition) is 2. The highest BCUT2D eigenvalue weighted by Crippen LogP contribution is 2.13. The molecule has 82 valence electrons. The number of rotatable bonds is 1. The van der Waals surface area contributed by atoms with Gasteiger partial charge in [0, 0.05) is 24.7 Å². The average molecular weight is 219 g/mol. The zero-order valence-corrected chi connectivity index (χ0v) is 9.86. The van der Waals surface area contributed by atoms with Gasteiger partial charge in [0.25, 0.3) is 0 Å². The molecular weight excluding hydrogens is 200 g/mol. The van der Waals surface area contributed by atoms with Gasteiger partial charge < -0.3 is 10.6 Å². The molecule has 1 unspecified atom stereocenters. The molecule has 1 atom stereocenters. The molecule has 1 saturated heterocycles. The van der Waals surface area contributed by atoms with E-state index in [2.05, 4.69) is 0 Å². The molecule has 4 heteroatoms. The van der Waals surface area contributed by atoms with Crippen molar-refractivity contribution in [2.45, 2.75) is 33.2 Å². The van der Waals surface area contributed by atoms with Crippen LogP contribution in [0.5, 0.6) is 0 Å². The quantitative estimate of drug-likeness (QED) is 0.675. The molecule has 1 heterocycles. The van der Waals surface area contributed by atoms with E-state index in [0.29, 0.717) is 6.54 Å². The Labute approximate surface area is 91.7 Å². The van der Waals surface area contributed by atoms with Gasteiger partial charge >= 0.3 is 0 Å². The highest BCUT2D eigenvalue weighted by Gasteiger charge is 2.24. The van der Waals surface area contributed by atoms with Crippen LogP contribution in [0.2, 0.25) is 0 Å². The number of nitrogens with two attached hydrogens (primary N) is 1. The topological polar surface area (TPSA) is 46.3 Å². The Morgan fingerprint density at radius 1 is 1.36 bits per heavy atom. The van der Waals surface area contributed by atoms with Crippen molar-refractivity contribution in [1.29, 1.82) is 0 Å². The molecule has 0 aliphatic carbocycles. The van der Waals surface area contributed by atoms with Crippen molar-refractivity contribution in [3.05, 3.63) is 11.1 Å². The summed E-state index contributed by atoms with van der Waals surface area (Å²) in [6, 6.07) is 0.175. The van der Waals surface area contributed by atoms with Crippen molar-refractivity contribution in [1.82, 2.24) is 4.90 Å². The number of hydrogen-bond donors (Lipinski definition) is 1. The number of amides is 1. The SMILES string of the molecule is CC(C)=C(C)C(=O)N1CCC(N)C1.Cl. The maximum Gasteiger partial charge on any atom is 0.249 e. The van der Waals surface area contributed by atoms with E-state index >= 15 is 0 Å². The molecule has 1 aliphatic heterocycles. The van der Waals surface area contributed by atoms with Crippen LogP contribution in [0.4, 0.5) is 0 Å². The molecule has 2 N–H and O–H groups in total. The monoisotopic (exact) mass is 218 g/mol. The third-order valence-corrected chi connectivity index (χ3v) is 2.58. The summed E-state index contributed by atoms with van der Waals surface area (Å²) in [5.74, 6) is 0.146. The number of nitrogens with zero attached hydrogens (tertiary/aromatic N) is 1. The fourth-order valence-electron chi connectivity index (χ4n) is 1.42. The molecule has 0 saturated carbocycles. The Kier molecular flexibility index (Phi) is 5.16. The predicted octanol–water partition coefficient (Wildman–Crippen LogP) is 1.32. The van der Waals surface area contributed by atoms with Gasteiger partial charge in [0.05, 0.1) is 0 Å². The Morgan fingerprint density at radius 3 is 2.29 bits per heavy atom. The summed E-state index contributed by atoms with van der Waals surface area (Å²) in [6.45, 7) is 7.32. The molecule has 1 amide bonds. The summed E-state index contributed by atoms with van der Waals surface area (Å²) in [7, 11) is 0. The molecular formula is C10H19ClN2O. The largest absolute Gasteiger partial charge is 0.337 e. The van der Waals surface area contributed by atoms with Gasteiger partial charge in [-0.2, -0.15) is 0 Å². The summed E-state index contributed by atoms with van der Waals surface area (Å²) in [6.07, 6.45) is 0.932. The van der Waals surface area contributed by atoms with Crippen molar-refractivity contribution < 1.29 is 4.79 Å². The van der Waals surface area contributed by atoms with Crippen LogP contribution in [0.15, 0.2) is 11.1 Å². The van der Waals surface area contributed by atoms with Crippen molar-refractivity contribution in [3.8, 4) is 0 Å². The van der Waals surface area contributed by atoms with Crippen LogP contribution in [-0.4, -0.2) is 29.9 Å². The molecule has 0 radical (unpaired) electrons. The number of halogens is 1. The van der Waals surface area contributed by atoms with Gasteiger partial charge in [-0.05, 0) is 27.2 Å². The van der Waals surface area contributed by atoms with E-state index in [-0.39, 0.29) is 24.4 Å². The third-order valence-electron chi connectivity index (χ3n) is 2.58. The number of likely N-dealkylation sites (tertiary alicyclic amines) is 1. The third kappa shape index (κ3) is 3.00. The zero-order valence-electron chi connectivity index (χ0n) is 9.04. The molecule has 0 aromatic heterocycles. The molecule has 0 aromatic rings. The Bertz CT molecular complexity index is 247. The fraction of sp³-hybridized carbons (Fsp3) is 0.700. The lowest BCUT2D eigenvalue weighted by Crippen LogP contribution is -2.32. The standard InChI is InChI=1S/C10H18N2O.ClH/c1-7(2)8(3)10(13)12-5-4-9(11)6-12;/h9H,4-6,11H2,1-3H3;1H. The minimum Gasteiger partial charge on any atom is -0.337 e. The highest BCUT2D eigenvalue weighted by atomic mass is 35.5. The van der Waals surface area contributed by atoms with E-state index in [0.717, 1.165) is 24.1 Å². The predicted molar refractivity (Wildman–Crippen MR) is 60.5 cm³/mol. The van der Waals surface area contributed by atoms with Gasteiger partial charge in [-0.1, -0.05) is 5.57 Å². The maximum atomic E-state index is 11.7. The van der Waals surface area contributed by atoms with Crippen LogP contribution >= 0.6 is 12.4 Å². The van der Waals surface area contributed by atoms with E-state index in [9.17, 15) is 4.79 Å². The first-order chi connectivity index (χ1) is 6.02. The number of carbonyl (C=O) groups excluding carboxylic acids is 1. The summed E-state index contributed by atoms with van der Waals surface area (Å²) in [4.78, 5) is 13.6. The number of carbonyl (C=O) groups is 1. The van der Waals surface area contributed by atoms with E-state index in [1.165, 1.54) is 0 Å². The second-order valence-corrected chi connectivity index (χ2v) is 3.92. The lowest BCUT2D eigenvalue weighted by atomic mass is 10.1. The second-order valence-electron chi connectivity index (χ2n) is 3.92. The Hall–Kier alpha value is -0.540. The van der Waals surface area contributed by atoms with Crippen molar-refractivity contribution in [2.75, 3.05) is 13.1 Å². The van der Waals surface area contributed by atoms with Gasteiger partial charge in [0.15, 0.2) is 0 Å². The molecule has 1 fully saturated rings. The Balaban J connectivity index is 0.00000169.